The van der Waals surface area contributed by atoms with E-state index in [0.717, 1.165) is 114 Å². The van der Waals surface area contributed by atoms with Crippen LogP contribution in [0, 0.1) is 0 Å². The molecule has 21 heteroatoms. The quantitative estimate of drug-likeness (QED) is 0.0303. The van der Waals surface area contributed by atoms with Crippen molar-refractivity contribution in [2.24, 2.45) is 0 Å². The molecule has 0 aliphatic heterocycles. The number of aliphatic hydroxyl groups is 8. The number of benzene rings is 1. The molecule has 8 N–H and O–H groups in total. The molecule has 91 heavy (non-hydrogen) atoms. The molecule has 0 aliphatic rings. The van der Waals surface area contributed by atoms with E-state index in [-0.39, 0.29) is 64.9 Å². The number of aliphatic hydroxyl groups excluding tert-OH is 8. The summed E-state index contributed by atoms with van der Waals surface area (Å²) in [5.41, 5.74) is 2.09. The zero-order chi connectivity index (χ0) is 67.5. The molecule has 10 atom stereocenters. The van der Waals surface area contributed by atoms with Crippen molar-refractivity contribution in [2.45, 2.75) is 246 Å². The largest absolute Gasteiger partial charge is 0.389 e. The van der Waals surface area contributed by atoms with E-state index in [1.165, 1.54) is 0 Å². The molecular weight excluding hydrogens is 1170 g/mol. The summed E-state index contributed by atoms with van der Waals surface area (Å²) in [6.07, 6.45) is 10.5. The zero-order valence-corrected chi connectivity index (χ0v) is 59.2. The number of ether oxygens (including phenoxy) is 9. The van der Waals surface area contributed by atoms with Crippen molar-refractivity contribution in [1.82, 2.24) is 19.6 Å². The van der Waals surface area contributed by atoms with E-state index >= 15 is 0 Å². The van der Waals surface area contributed by atoms with Gasteiger partial charge in [-0.1, -0.05) is 131 Å². The smallest absolute Gasteiger partial charge is 0.0900 e. The Morgan fingerprint density at radius 2 is 0.484 bits per heavy atom. The van der Waals surface area contributed by atoms with E-state index in [9.17, 15) is 40.9 Å². The van der Waals surface area contributed by atoms with Crippen molar-refractivity contribution in [3.8, 4) is 0 Å². The summed E-state index contributed by atoms with van der Waals surface area (Å²) >= 11 is 0. The fraction of sp³-hybridized carbons (Fsp3) is 0.914. The first kappa shape index (κ1) is 89.4. The lowest BCUT2D eigenvalue weighted by atomic mass is 10.1. The summed E-state index contributed by atoms with van der Waals surface area (Å²) in [5, 5.41) is 85.6. The van der Waals surface area contributed by atoms with Crippen LogP contribution in [0.1, 0.15) is 183 Å². The Morgan fingerprint density at radius 1 is 0.286 bits per heavy atom. The first-order valence-corrected chi connectivity index (χ1v) is 35.6. The first-order chi connectivity index (χ1) is 44.0. The van der Waals surface area contributed by atoms with Gasteiger partial charge in [0.15, 0.2) is 0 Å². The minimum absolute atomic E-state index is 0.0867. The van der Waals surface area contributed by atoms with Gasteiger partial charge in [0, 0.05) is 130 Å². The topological polar surface area (TPSA) is 258 Å². The molecule has 542 valence electrons. The Labute approximate surface area is 553 Å². The Morgan fingerprint density at radius 3 is 0.681 bits per heavy atom. The highest BCUT2D eigenvalue weighted by atomic mass is 16.5. The molecule has 10 unspecified atom stereocenters. The Bertz CT molecular complexity index is 1480. The number of nitrogens with zero attached hydrogens (tertiary/aromatic N) is 4. The van der Waals surface area contributed by atoms with E-state index in [0.29, 0.717) is 132 Å². The Hall–Kier alpha value is -1.62. The van der Waals surface area contributed by atoms with Gasteiger partial charge in [-0.05, 0) is 76.3 Å². The van der Waals surface area contributed by atoms with Gasteiger partial charge >= 0.3 is 0 Å². The van der Waals surface area contributed by atoms with Crippen molar-refractivity contribution in [1.29, 1.82) is 0 Å². The maximum absolute atomic E-state index is 10.7. The van der Waals surface area contributed by atoms with Crippen molar-refractivity contribution < 1.29 is 83.5 Å². The second-order valence-corrected chi connectivity index (χ2v) is 25.0. The van der Waals surface area contributed by atoms with Crippen molar-refractivity contribution >= 4 is 0 Å². The fourth-order valence-electron chi connectivity index (χ4n) is 9.66. The third kappa shape index (κ3) is 54.1. The maximum atomic E-state index is 10.7. The second kappa shape index (κ2) is 63.1. The van der Waals surface area contributed by atoms with Crippen LogP contribution in [0.5, 0.6) is 0 Å². The van der Waals surface area contributed by atoms with E-state index in [4.69, 9.17) is 42.6 Å². The third-order valence-corrected chi connectivity index (χ3v) is 15.0. The SMILES string of the molecule is CCCCOCC(O)CN(CC(O)COCCCC)C(C)COCC(C)N(CC(O)COCCCC)CC(O)COCCCC.CCCCOCC(O)CN(Cc1cccc(CN(CC(O)COCCCC)CC(O)COCCCC)c1)CC(O)COCCCC. The predicted octanol–water partition coefficient (Wildman–Crippen LogP) is 7.10. The van der Waals surface area contributed by atoms with Crippen molar-refractivity contribution in [3.63, 3.8) is 0 Å². The highest BCUT2D eigenvalue weighted by Crippen LogP contribution is 2.15. The molecule has 21 nitrogen and oxygen atoms in total. The van der Waals surface area contributed by atoms with E-state index < -0.39 is 48.8 Å². The summed E-state index contributed by atoms with van der Waals surface area (Å²) in [6.45, 7) is 32.5. The molecule has 0 heterocycles. The normalized spacial score (nSPS) is 15.5. The molecule has 0 saturated heterocycles. The van der Waals surface area contributed by atoms with Crippen molar-refractivity contribution in [3.05, 3.63) is 35.4 Å². The average Bonchev–Trinajstić information content (AvgIpc) is 2.75. The number of hydrogen-bond acceptors (Lipinski definition) is 21. The summed E-state index contributed by atoms with van der Waals surface area (Å²) in [7, 11) is 0. The second-order valence-electron chi connectivity index (χ2n) is 25.0. The van der Waals surface area contributed by atoms with Gasteiger partial charge in [-0.25, -0.2) is 0 Å². The standard InChI is InChI=1S/C36H68N2O8.C34H72N2O9/c1-5-9-16-43-27-33(39)23-37(24-34(40)28-44-17-10-6-2)21-31-14-13-15-32(20-31)22-38(25-35(41)29-45-18-11-7-3)26-36(42)30-46-19-12-8-4;1-7-11-15-41-25-31(37)19-35(20-32(38)26-42-16-12-8-2)29(5)23-45-24-30(6)36(21-33(39)27-43-17-13-9-3)22-34(40)28-44-18-14-10-4/h13-15,20,33-36,39-42H,5-12,16-19,21-30H2,1-4H3;29-34,37-40H,7-28H2,1-6H3. The Kier molecular flexibility index (Phi) is 62.0. The lowest BCUT2D eigenvalue weighted by Crippen LogP contribution is -2.49. The minimum atomic E-state index is -0.686. The monoisotopic (exact) mass is 1310 g/mol. The highest BCUT2D eigenvalue weighted by molar-refractivity contribution is 5.23. The molecule has 0 bridgehead atoms. The molecule has 0 radical (unpaired) electrons. The molecule has 0 saturated carbocycles. The van der Waals surface area contributed by atoms with Gasteiger partial charge in [0.05, 0.1) is 115 Å². The van der Waals surface area contributed by atoms with Gasteiger partial charge in [-0.15, -0.1) is 0 Å². The van der Waals surface area contributed by atoms with Crippen LogP contribution in [-0.4, -0.2) is 293 Å². The molecule has 1 aromatic carbocycles. The minimum Gasteiger partial charge on any atom is -0.389 e. The van der Waals surface area contributed by atoms with Crippen molar-refractivity contribution in [2.75, 3.05) is 171 Å². The van der Waals surface area contributed by atoms with E-state index in [1.54, 1.807) is 0 Å². The fourth-order valence-corrected chi connectivity index (χ4v) is 9.66. The van der Waals surface area contributed by atoms with Crippen LogP contribution in [-0.2, 0) is 55.7 Å². The van der Waals surface area contributed by atoms with Crippen LogP contribution in [0.4, 0.5) is 0 Å². The highest BCUT2D eigenvalue weighted by Gasteiger charge is 2.26. The van der Waals surface area contributed by atoms with E-state index in [2.05, 4.69) is 61.5 Å². The molecule has 0 aliphatic carbocycles. The van der Waals surface area contributed by atoms with Crippen LogP contribution < -0.4 is 0 Å². The predicted molar refractivity (Wildman–Crippen MR) is 364 cm³/mol. The van der Waals surface area contributed by atoms with Crippen LogP contribution in [0.15, 0.2) is 24.3 Å². The first-order valence-electron chi connectivity index (χ1n) is 35.6. The molecule has 0 spiro atoms. The molecule has 1 rings (SSSR count). The molecular formula is C70H140N4O17. The lowest BCUT2D eigenvalue weighted by molar-refractivity contribution is -0.0462. The van der Waals surface area contributed by atoms with Gasteiger partial charge in [-0.3, -0.25) is 19.6 Å². The van der Waals surface area contributed by atoms with Crippen LogP contribution in [0.25, 0.3) is 0 Å². The number of hydrogen-bond donors (Lipinski definition) is 8. The summed E-state index contributed by atoms with van der Waals surface area (Å²) in [6, 6.07) is 8.03. The van der Waals surface area contributed by atoms with Gasteiger partial charge in [0.25, 0.3) is 0 Å². The summed E-state index contributed by atoms with van der Waals surface area (Å²) in [5.74, 6) is 0. The number of rotatable bonds is 66. The van der Waals surface area contributed by atoms with Crippen LogP contribution in [0.2, 0.25) is 0 Å². The molecule has 0 fully saturated rings. The summed E-state index contributed by atoms with van der Waals surface area (Å²) < 4.78 is 51.3. The lowest BCUT2D eigenvalue weighted by Gasteiger charge is -2.34. The maximum Gasteiger partial charge on any atom is 0.0900 e. The third-order valence-electron chi connectivity index (χ3n) is 15.0. The number of unbranched alkanes of at least 4 members (excludes halogenated alkanes) is 8. The molecule has 0 amide bonds. The van der Waals surface area contributed by atoms with Gasteiger partial charge < -0.3 is 83.5 Å². The van der Waals surface area contributed by atoms with Gasteiger partial charge in [0.1, 0.15) is 0 Å². The van der Waals surface area contributed by atoms with Crippen LogP contribution in [0.3, 0.4) is 0 Å². The summed E-state index contributed by atoms with van der Waals surface area (Å²) in [4.78, 5) is 8.15. The van der Waals surface area contributed by atoms with Crippen LogP contribution >= 0.6 is 0 Å². The Balaban J connectivity index is 0.00000178. The van der Waals surface area contributed by atoms with E-state index in [1.807, 2.05) is 51.6 Å². The average molecular weight is 1310 g/mol. The zero-order valence-electron chi connectivity index (χ0n) is 59.2. The van der Waals surface area contributed by atoms with Gasteiger partial charge in [-0.2, -0.15) is 0 Å². The molecule has 1 aromatic rings. The molecule has 0 aromatic heterocycles. The van der Waals surface area contributed by atoms with Gasteiger partial charge in [0.2, 0.25) is 0 Å².